The molecule has 21 heavy (non-hydrogen) atoms. The van der Waals surface area contributed by atoms with Crippen LogP contribution in [-0.4, -0.2) is 20.8 Å². The lowest BCUT2D eigenvalue weighted by Crippen LogP contribution is -2.39. The highest BCUT2D eigenvalue weighted by molar-refractivity contribution is 5.85. The van der Waals surface area contributed by atoms with Crippen LogP contribution in [0.1, 0.15) is 11.4 Å². The van der Waals surface area contributed by atoms with Crippen LogP contribution in [0.4, 0.5) is 0 Å². The van der Waals surface area contributed by atoms with Gasteiger partial charge in [0.25, 0.3) is 0 Å². The topological polar surface area (TPSA) is 68.8 Å². The summed E-state index contributed by atoms with van der Waals surface area (Å²) >= 11 is 0. The number of aryl methyl sites for hydroxylation is 1. The van der Waals surface area contributed by atoms with Crippen LogP contribution >= 0.6 is 0 Å². The Bertz CT molecular complexity index is 729. The zero-order chi connectivity index (χ0) is 14.7. The minimum Gasteiger partial charge on any atom is -0.271 e. The smallest absolute Gasteiger partial charge is 0.138 e. The van der Waals surface area contributed by atoms with E-state index in [0.29, 0.717) is 0 Å². The van der Waals surface area contributed by atoms with Gasteiger partial charge < -0.3 is 0 Å². The second-order valence-electron chi connectivity index (χ2n) is 5.21. The molecule has 1 heterocycles. The van der Waals surface area contributed by atoms with Gasteiger partial charge >= 0.3 is 0 Å². The van der Waals surface area contributed by atoms with Crippen molar-refractivity contribution in [2.75, 3.05) is 0 Å². The maximum Gasteiger partial charge on any atom is 0.138 e. The van der Waals surface area contributed by atoms with Gasteiger partial charge in [0.15, 0.2) is 0 Å². The monoisotopic (exact) mass is 281 g/mol. The molecule has 0 aliphatic carbocycles. The van der Waals surface area contributed by atoms with Gasteiger partial charge in [0.2, 0.25) is 0 Å². The van der Waals surface area contributed by atoms with Crippen LogP contribution in [0.5, 0.6) is 0 Å². The van der Waals surface area contributed by atoms with Gasteiger partial charge in [-0.1, -0.05) is 42.5 Å². The van der Waals surface area contributed by atoms with Gasteiger partial charge in [-0.25, -0.2) is 4.98 Å². The first-order valence-corrected chi connectivity index (χ1v) is 7.03. The Morgan fingerprint density at radius 1 is 1.14 bits per heavy atom. The third-order valence-electron chi connectivity index (χ3n) is 3.82. The van der Waals surface area contributed by atoms with E-state index in [9.17, 15) is 0 Å². The van der Waals surface area contributed by atoms with E-state index in [2.05, 4.69) is 58.0 Å². The van der Waals surface area contributed by atoms with E-state index in [1.54, 1.807) is 11.0 Å². The molecular weight excluding hydrogens is 262 g/mol. The number of nitrogens with one attached hydrogen (secondary N) is 1. The fourth-order valence-electron chi connectivity index (χ4n) is 2.65. The summed E-state index contributed by atoms with van der Waals surface area (Å²) in [5.74, 6) is 6.65. The molecule has 1 aromatic heterocycles. The fraction of sp³-hybridized carbons (Fsp3) is 0.250. The molecular formula is C16H19N5. The molecule has 2 aromatic carbocycles. The number of hydrazine groups is 1. The Morgan fingerprint density at radius 2 is 1.95 bits per heavy atom. The maximum absolute atomic E-state index is 5.72. The molecule has 1 atom stereocenters. The van der Waals surface area contributed by atoms with Crippen LogP contribution in [0.15, 0.2) is 48.8 Å². The number of benzene rings is 2. The van der Waals surface area contributed by atoms with E-state index < -0.39 is 0 Å². The van der Waals surface area contributed by atoms with Crippen molar-refractivity contribution < 1.29 is 0 Å². The normalized spacial score (nSPS) is 12.7. The third-order valence-corrected chi connectivity index (χ3v) is 3.82. The van der Waals surface area contributed by atoms with Crippen LogP contribution < -0.4 is 11.3 Å². The number of rotatable bonds is 5. The standard InChI is InChI=1S/C16H19N5/c1-21-16(18-11-19-21)10-14(20-17)9-13-7-4-6-12-5-2-3-8-15(12)13/h2-8,11,14,20H,9-10,17H2,1H3. The summed E-state index contributed by atoms with van der Waals surface area (Å²) in [7, 11) is 1.90. The third kappa shape index (κ3) is 2.94. The second kappa shape index (κ2) is 6.03. The Labute approximate surface area is 123 Å². The SMILES string of the molecule is Cn1ncnc1CC(Cc1cccc2ccccc12)NN. The van der Waals surface area contributed by atoms with Gasteiger partial charge in [-0.15, -0.1) is 0 Å². The molecule has 108 valence electrons. The molecule has 5 heteroatoms. The molecule has 1 unspecified atom stereocenters. The molecule has 5 nitrogen and oxygen atoms in total. The van der Waals surface area contributed by atoms with Crippen LogP contribution in [-0.2, 0) is 19.9 Å². The highest BCUT2D eigenvalue weighted by Crippen LogP contribution is 2.20. The number of nitrogens with two attached hydrogens (primary N) is 1. The summed E-state index contributed by atoms with van der Waals surface area (Å²) in [6, 6.07) is 14.9. The van der Waals surface area contributed by atoms with Gasteiger partial charge in [-0.3, -0.25) is 16.0 Å². The molecule has 3 N–H and O–H groups in total. The van der Waals surface area contributed by atoms with Gasteiger partial charge in [0.1, 0.15) is 12.2 Å². The Hall–Kier alpha value is -2.24. The van der Waals surface area contributed by atoms with Gasteiger partial charge in [0.05, 0.1) is 0 Å². The highest BCUT2D eigenvalue weighted by atomic mass is 15.3. The zero-order valence-electron chi connectivity index (χ0n) is 12.0. The summed E-state index contributed by atoms with van der Waals surface area (Å²) < 4.78 is 1.79. The molecule has 0 saturated heterocycles. The first kappa shape index (κ1) is 13.7. The van der Waals surface area contributed by atoms with Crippen LogP contribution in [0.3, 0.4) is 0 Å². The molecule has 0 fully saturated rings. The Morgan fingerprint density at radius 3 is 2.71 bits per heavy atom. The molecule has 3 aromatic rings. The molecule has 0 aliphatic heterocycles. The van der Waals surface area contributed by atoms with Gasteiger partial charge in [-0.2, -0.15) is 5.10 Å². The molecule has 0 amide bonds. The first-order chi connectivity index (χ1) is 10.3. The lowest BCUT2D eigenvalue weighted by Gasteiger charge is -2.16. The Balaban J connectivity index is 1.84. The van der Waals surface area contributed by atoms with Crippen molar-refractivity contribution in [3.63, 3.8) is 0 Å². The number of hydrogen-bond donors (Lipinski definition) is 2. The fourth-order valence-corrected chi connectivity index (χ4v) is 2.65. The molecule has 0 radical (unpaired) electrons. The first-order valence-electron chi connectivity index (χ1n) is 7.03. The van der Waals surface area contributed by atoms with Crippen LogP contribution in [0.2, 0.25) is 0 Å². The van der Waals surface area contributed by atoms with Crippen LogP contribution in [0, 0.1) is 0 Å². The summed E-state index contributed by atoms with van der Waals surface area (Å²) in [6.45, 7) is 0. The summed E-state index contributed by atoms with van der Waals surface area (Å²) in [6.07, 6.45) is 3.17. The van der Waals surface area contributed by atoms with Gasteiger partial charge in [-0.05, 0) is 22.8 Å². The second-order valence-corrected chi connectivity index (χ2v) is 5.21. The van der Waals surface area contributed by atoms with E-state index in [1.807, 2.05) is 7.05 Å². The quantitative estimate of drug-likeness (QED) is 0.550. The number of hydrogen-bond acceptors (Lipinski definition) is 4. The number of nitrogens with zero attached hydrogens (tertiary/aromatic N) is 3. The van der Waals surface area contributed by atoms with E-state index in [-0.39, 0.29) is 6.04 Å². The largest absolute Gasteiger partial charge is 0.271 e. The minimum atomic E-state index is 0.124. The Kier molecular flexibility index (Phi) is 3.94. The molecule has 0 saturated carbocycles. The molecule has 3 rings (SSSR count). The average Bonchev–Trinajstić information content (AvgIpc) is 2.92. The molecule has 0 bridgehead atoms. The molecule has 0 spiro atoms. The highest BCUT2D eigenvalue weighted by Gasteiger charge is 2.13. The maximum atomic E-state index is 5.72. The van der Waals surface area contributed by atoms with Crippen molar-refractivity contribution in [2.24, 2.45) is 12.9 Å². The van der Waals surface area contributed by atoms with E-state index in [1.165, 1.54) is 16.3 Å². The predicted molar refractivity (Wildman–Crippen MR) is 83.5 cm³/mol. The van der Waals surface area contributed by atoms with Crippen molar-refractivity contribution >= 4 is 10.8 Å². The average molecular weight is 281 g/mol. The predicted octanol–water partition coefficient (Wildman–Crippen LogP) is 1.59. The van der Waals surface area contributed by atoms with E-state index >= 15 is 0 Å². The number of aromatic nitrogens is 3. The van der Waals surface area contributed by atoms with Crippen molar-refractivity contribution in [2.45, 2.75) is 18.9 Å². The summed E-state index contributed by atoms with van der Waals surface area (Å²) in [5, 5.41) is 6.63. The number of fused-ring (bicyclic) bond motifs is 1. The van der Waals surface area contributed by atoms with E-state index in [4.69, 9.17) is 5.84 Å². The van der Waals surface area contributed by atoms with Crippen molar-refractivity contribution in [1.29, 1.82) is 0 Å². The summed E-state index contributed by atoms with van der Waals surface area (Å²) in [4.78, 5) is 4.26. The van der Waals surface area contributed by atoms with Crippen molar-refractivity contribution in [1.82, 2.24) is 20.2 Å². The van der Waals surface area contributed by atoms with Crippen molar-refractivity contribution in [3.8, 4) is 0 Å². The van der Waals surface area contributed by atoms with Gasteiger partial charge in [0, 0.05) is 19.5 Å². The summed E-state index contributed by atoms with van der Waals surface area (Å²) in [5.41, 5.74) is 4.19. The lowest BCUT2D eigenvalue weighted by atomic mass is 9.97. The van der Waals surface area contributed by atoms with E-state index in [0.717, 1.165) is 18.7 Å². The zero-order valence-corrected chi connectivity index (χ0v) is 12.0. The lowest BCUT2D eigenvalue weighted by molar-refractivity contribution is 0.500. The van der Waals surface area contributed by atoms with Crippen molar-refractivity contribution in [3.05, 3.63) is 60.2 Å². The minimum absolute atomic E-state index is 0.124. The van der Waals surface area contributed by atoms with Crippen LogP contribution in [0.25, 0.3) is 10.8 Å². The molecule has 0 aliphatic rings.